The molecule has 0 aliphatic carbocycles. The Bertz CT molecular complexity index is 957. The Hall–Kier alpha value is -3.11. The van der Waals surface area contributed by atoms with Gasteiger partial charge in [0.05, 0.1) is 6.04 Å². The maximum Gasteiger partial charge on any atom is 0.255 e. The van der Waals surface area contributed by atoms with Crippen LogP contribution in [0.25, 0.3) is 0 Å². The summed E-state index contributed by atoms with van der Waals surface area (Å²) in [6, 6.07) is 23.0. The molecule has 136 valence electrons. The van der Waals surface area contributed by atoms with E-state index in [1.807, 2.05) is 49.4 Å². The lowest BCUT2D eigenvalue weighted by Crippen LogP contribution is -2.26. The van der Waals surface area contributed by atoms with Gasteiger partial charge in [-0.3, -0.25) is 9.59 Å². The van der Waals surface area contributed by atoms with E-state index in [1.54, 1.807) is 36.4 Å². The fraction of sp³-hybridized carbons (Fsp3) is 0.0909. The van der Waals surface area contributed by atoms with Crippen molar-refractivity contribution in [2.75, 3.05) is 5.32 Å². The van der Waals surface area contributed by atoms with Gasteiger partial charge in [0.2, 0.25) is 0 Å². The first kappa shape index (κ1) is 18.7. The van der Waals surface area contributed by atoms with E-state index in [9.17, 15) is 9.59 Å². The minimum Gasteiger partial charge on any atom is -0.346 e. The third kappa shape index (κ3) is 4.96. The van der Waals surface area contributed by atoms with Crippen LogP contribution in [0.15, 0.2) is 78.9 Å². The number of benzene rings is 3. The lowest BCUT2D eigenvalue weighted by molar-refractivity contribution is 0.0939. The summed E-state index contributed by atoms with van der Waals surface area (Å²) in [4.78, 5) is 24.7. The van der Waals surface area contributed by atoms with Crippen LogP contribution < -0.4 is 10.6 Å². The van der Waals surface area contributed by atoms with Crippen LogP contribution in [-0.4, -0.2) is 11.8 Å². The van der Waals surface area contributed by atoms with Gasteiger partial charge in [-0.1, -0.05) is 48.0 Å². The zero-order valence-electron chi connectivity index (χ0n) is 14.8. The quantitative estimate of drug-likeness (QED) is 0.650. The number of hydrogen-bond donors (Lipinski definition) is 2. The van der Waals surface area contributed by atoms with Crippen LogP contribution in [0.3, 0.4) is 0 Å². The summed E-state index contributed by atoms with van der Waals surface area (Å²) in [5.74, 6) is -0.382. The second kappa shape index (κ2) is 8.52. The predicted octanol–water partition coefficient (Wildman–Crippen LogP) is 5.08. The molecule has 0 saturated heterocycles. The van der Waals surface area contributed by atoms with Gasteiger partial charge in [-0.15, -0.1) is 0 Å². The standard InChI is InChI=1S/C22H19ClN2O2/c1-15(24-22(27)18-10-5-11-19(23)13-18)17-9-6-12-20(14-17)25-21(26)16-7-3-2-4-8-16/h2-15H,1H3,(H,24,27)(H,25,26). The fourth-order valence-corrected chi connectivity index (χ4v) is 2.86. The third-order valence-corrected chi connectivity index (χ3v) is 4.35. The Morgan fingerprint density at radius 2 is 1.52 bits per heavy atom. The molecular formula is C22H19ClN2O2. The van der Waals surface area contributed by atoms with Crippen molar-refractivity contribution in [1.29, 1.82) is 0 Å². The molecule has 0 saturated carbocycles. The highest BCUT2D eigenvalue weighted by atomic mass is 35.5. The highest BCUT2D eigenvalue weighted by Gasteiger charge is 2.13. The Labute approximate surface area is 163 Å². The molecule has 5 heteroatoms. The van der Waals surface area contributed by atoms with E-state index in [4.69, 9.17) is 11.6 Å². The summed E-state index contributed by atoms with van der Waals surface area (Å²) in [7, 11) is 0. The largest absolute Gasteiger partial charge is 0.346 e. The lowest BCUT2D eigenvalue weighted by atomic mass is 10.1. The van der Waals surface area contributed by atoms with Gasteiger partial charge >= 0.3 is 0 Å². The number of hydrogen-bond acceptors (Lipinski definition) is 2. The summed E-state index contributed by atoms with van der Waals surface area (Å²) in [5.41, 5.74) is 2.65. The Balaban J connectivity index is 1.69. The fourth-order valence-electron chi connectivity index (χ4n) is 2.67. The van der Waals surface area contributed by atoms with Gasteiger partial charge in [-0.25, -0.2) is 0 Å². The van der Waals surface area contributed by atoms with Crippen molar-refractivity contribution in [3.8, 4) is 0 Å². The van der Waals surface area contributed by atoms with Crippen LogP contribution in [0.5, 0.6) is 0 Å². The summed E-state index contributed by atoms with van der Waals surface area (Å²) < 4.78 is 0. The molecule has 0 heterocycles. The van der Waals surface area contributed by atoms with Crippen molar-refractivity contribution < 1.29 is 9.59 Å². The Morgan fingerprint density at radius 3 is 2.26 bits per heavy atom. The first-order chi connectivity index (χ1) is 13.0. The molecule has 3 aromatic rings. The van der Waals surface area contributed by atoms with Crippen molar-refractivity contribution >= 4 is 29.1 Å². The molecule has 0 radical (unpaired) electrons. The van der Waals surface area contributed by atoms with Crippen LogP contribution in [0.1, 0.15) is 39.2 Å². The maximum absolute atomic E-state index is 12.4. The number of carbonyl (C=O) groups is 2. The molecule has 2 amide bonds. The van der Waals surface area contributed by atoms with Gasteiger partial charge in [-0.2, -0.15) is 0 Å². The number of rotatable bonds is 5. The van der Waals surface area contributed by atoms with Crippen LogP contribution in [0, 0.1) is 0 Å². The smallest absolute Gasteiger partial charge is 0.255 e. The van der Waals surface area contributed by atoms with Gasteiger partial charge in [0.15, 0.2) is 0 Å². The number of nitrogens with one attached hydrogen (secondary N) is 2. The molecule has 1 unspecified atom stereocenters. The molecule has 4 nitrogen and oxygen atoms in total. The van der Waals surface area contributed by atoms with E-state index in [-0.39, 0.29) is 17.9 Å². The first-order valence-corrected chi connectivity index (χ1v) is 8.93. The maximum atomic E-state index is 12.4. The van der Waals surface area contributed by atoms with E-state index in [2.05, 4.69) is 10.6 Å². The number of amides is 2. The minimum atomic E-state index is -0.231. The molecule has 3 rings (SSSR count). The highest BCUT2D eigenvalue weighted by Crippen LogP contribution is 2.19. The zero-order chi connectivity index (χ0) is 19.2. The minimum absolute atomic E-state index is 0.177. The van der Waals surface area contributed by atoms with Crippen molar-refractivity contribution in [1.82, 2.24) is 5.32 Å². The average Bonchev–Trinajstić information content (AvgIpc) is 2.68. The molecule has 0 aliphatic rings. The summed E-state index contributed by atoms with van der Waals surface area (Å²) in [6.07, 6.45) is 0. The lowest BCUT2D eigenvalue weighted by Gasteiger charge is -2.16. The highest BCUT2D eigenvalue weighted by molar-refractivity contribution is 6.30. The molecule has 1 atom stereocenters. The van der Waals surface area contributed by atoms with Gasteiger partial charge in [0.25, 0.3) is 11.8 Å². The summed E-state index contributed by atoms with van der Waals surface area (Å²) >= 11 is 5.94. The molecule has 0 fully saturated rings. The van der Waals surface area contributed by atoms with Gasteiger partial charge in [0, 0.05) is 21.8 Å². The normalized spacial score (nSPS) is 11.5. The van der Waals surface area contributed by atoms with E-state index in [0.717, 1.165) is 5.56 Å². The van der Waals surface area contributed by atoms with Crippen LogP contribution in [0.4, 0.5) is 5.69 Å². The molecule has 0 bridgehead atoms. The number of halogens is 1. The van der Waals surface area contributed by atoms with E-state index in [0.29, 0.717) is 21.8 Å². The van der Waals surface area contributed by atoms with Crippen LogP contribution in [0.2, 0.25) is 5.02 Å². The molecule has 0 spiro atoms. The third-order valence-electron chi connectivity index (χ3n) is 4.11. The molecule has 27 heavy (non-hydrogen) atoms. The molecule has 3 aromatic carbocycles. The number of anilines is 1. The van der Waals surface area contributed by atoms with E-state index in [1.165, 1.54) is 0 Å². The molecule has 2 N–H and O–H groups in total. The van der Waals surface area contributed by atoms with Crippen molar-refractivity contribution in [2.45, 2.75) is 13.0 Å². The Kier molecular flexibility index (Phi) is 5.89. The molecule has 0 aliphatic heterocycles. The summed E-state index contributed by atoms with van der Waals surface area (Å²) in [5, 5.41) is 6.33. The molecule has 0 aromatic heterocycles. The first-order valence-electron chi connectivity index (χ1n) is 8.56. The summed E-state index contributed by atoms with van der Waals surface area (Å²) in [6.45, 7) is 1.89. The Morgan fingerprint density at radius 1 is 0.815 bits per heavy atom. The van der Waals surface area contributed by atoms with Crippen LogP contribution >= 0.6 is 11.6 Å². The monoisotopic (exact) mass is 378 g/mol. The van der Waals surface area contributed by atoms with Gasteiger partial charge in [-0.05, 0) is 55.0 Å². The topological polar surface area (TPSA) is 58.2 Å². The number of carbonyl (C=O) groups excluding carboxylic acids is 2. The van der Waals surface area contributed by atoms with Crippen molar-refractivity contribution in [2.24, 2.45) is 0 Å². The molecular weight excluding hydrogens is 360 g/mol. The SMILES string of the molecule is CC(NC(=O)c1cccc(Cl)c1)c1cccc(NC(=O)c2ccccc2)c1. The predicted molar refractivity (Wildman–Crippen MR) is 108 cm³/mol. The zero-order valence-corrected chi connectivity index (χ0v) is 15.5. The van der Waals surface area contributed by atoms with Gasteiger partial charge in [0.1, 0.15) is 0 Å². The van der Waals surface area contributed by atoms with Crippen molar-refractivity contribution in [3.63, 3.8) is 0 Å². The average molecular weight is 379 g/mol. The van der Waals surface area contributed by atoms with E-state index < -0.39 is 0 Å². The van der Waals surface area contributed by atoms with Crippen LogP contribution in [-0.2, 0) is 0 Å². The van der Waals surface area contributed by atoms with Gasteiger partial charge < -0.3 is 10.6 Å². The van der Waals surface area contributed by atoms with E-state index >= 15 is 0 Å². The van der Waals surface area contributed by atoms with Crippen molar-refractivity contribution in [3.05, 3.63) is 101 Å². The second-order valence-corrected chi connectivity index (χ2v) is 6.59. The second-order valence-electron chi connectivity index (χ2n) is 6.15.